The number of carbonyl (C=O) groups excluding carboxylic acids is 1. The van der Waals surface area contributed by atoms with Crippen molar-refractivity contribution in [2.45, 2.75) is 12.8 Å². The quantitative estimate of drug-likeness (QED) is 0.706. The van der Waals surface area contributed by atoms with E-state index in [0.717, 1.165) is 5.82 Å². The molecule has 1 aliphatic heterocycles. The lowest BCUT2D eigenvalue weighted by Crippen LogP contribution is -2.49. The fourth-order valence-electron chi connectivity index (χ4n) is 3.52. The number of carbonyl (C=O) groups is 1. The molecule has 1 aromatic carbocycles. The number of pyridine rings is 1. The first-order valence-corrected chi connectivity index (χ1v) is 9.61. The van der Waals surface area contributed by atoms with Gasteiger partial charge in [-0.1, -0.05) is 6.07 Å². The minimum atomic E-state index is -0.612. The van der Waals surface area contributed by atoms with E-state index >= 15 is 0 Å². The Morgan fingerprint density at radius 3 is 2.70 bits per heavy atom. The Balaban J connectivity index is 1.34. The van der Waals surface area contributed by atoms with E-state index in [1.165, 1.54) is 18.3 Å². The highest BCUT2D eigenvalue weighted by Crippen LogP contribution is 2.15. The van der Waals surface area contributed by atoms with E-state index in [1.54, 1.807) is 23.1 Å². The Bertz CT molecular complexity index is 1180. The lowest BCUT2D eigenvalue weighted by atomic mass is 10.2. The molecular formula is C21H19FN6O2. The summed E-state index contributed by atoms with van der Waals surface area (Å²) in [5.74, 6) is 0.515. The van der Waals surface area contributed by atoms with Crippen molar-refractivity contribution in [3.05, 3.63) is 64.1 Å². The van der Waals surface area contributed by atoms with E-state index in [-0.39, 0.29) is 29.7 Å². The number of piperazine rings is 1. The summed E-state index contributed by atoms with van der Waals surface area (Å²) in [6.45, 7) is 2.42. The van der Waals surface area contributed by atoms with Crippen molar-refractivity contribution in [2.75, 3.05) is 31.1 Å². The number of halogens is 1. The minimum Gasteiger partial charge on any atom is -0.353 e. The number of hydrogen-bond donors (Lipinski definition) is 1. The molecule has 0 bridgehead atoms. The fraction of sp³-hybridized carbons (Fsp3) is 0.286. The normalized spacial score (nSPS) is 14.0. The van der Waals surface area contributed by atoms with Gasteiger partial charge in [0.05, 0.1) is 11.1 Å². The van der Waals surface area contributed by atoms with Gasteiger partial charge in [0.1, 0.15) is 28.9 Å². The predicted molar refractivity (Wildman–Crippen MR) is 108 cm³/mol. The summed E-state index contributed by atoms with van der Waals surface area (Å²) in [5.41, 5.74) is 0.254. The largest absolute Gasteiger partial charge is 0.353 e. The number of nitrogens with zero attached hydrogens (tertiary/aromatic N) is 5. The van der Waals surface area contributed by atoms with E-state index in [9.17, 15) is 14.0 Å². The molecule has 2 aromatic heterocycles. The van der Waals surface area contributed by atoms with Crippen LogP contribution in [0.3, 0.4) is 0 Å². The van der Waals surface area contributed by atoms with Crippen LogP contribution < -0.4 is 10.5 Å². The van der Waals surface area contributed by atoms with Gasteiger partial charge in [-0.05, 0) is 24.3 Å². The molecule has 0 aliphatic carbocycles. The van der Waals surface area contributed by atoms with Crippen LogP contribution in [0.15, 0.2) is 41.3 Å². The third-order valence-corrected chi connectivity index (χ3v) is 5.14. The first kappa shape index (κ1) is 19.5. The van der Waals surface area contributed by atoms with Gasteiger partial charge < -0.3 is 14.8 Å². The zero-order chi connectivity index (χ0) is 21.1. The van der Waals surface area contributed by atoms with Crippen molar-refractivity contribution in [2.24, 2.45) is 0 Å². The van der Waals surface area contributed by atoms with Gasteiger partial charge in [-0.3, -0.25) is 9.59 Å². The molecule has 0 saturated carbocycles. The van der Waals surface area contributed by atoms with Gasteiger partial charge >= 0.3 is 0 Å². The number of amides is 1. The van der Waals surface area contributed by atoms with Crippen LogP contribution in [0, 0.1) is 17.1 Å². The molecule has 3 heterocycles. The molecule has 30 heavy (non-hydrogen) atoms. The Morgan fingerprint density at radius 1 is 1.20 bits per heavy atom. The van der Waals surface area contributed by atoms with Crippen LogP contribution in [0.1, 0.15) is 17.8 Å². The Morgan fingerprint density at radius 2 is 2.00 bits per heavy atom. The number of fused-ring (bicyclic) bond motifs is 1. The van der Waals surface area contributed by atoms with Gasteiger partial charge in [-0.2, -0.15) is 5.26 Å². The third-order valence-electron chi connectivity index (χ3n) is 5.14. The lowest BCUT2D eigenvalue weighted by molar-refractivity contribution is -0.131. The van der Waals surface area contributed by atoms with E-state index in [2.05, 4.69) is 19.9 Å². The summed E-state index contributed by atoms with van der Waals surface area (Å²) < 4.78 is 13.8. The molecule has 1 fully saturated rings. The number of benzene rings is 1. The number of aromatic amines is 1. The molecule has 0 radical (unpaired) electrons. The molecule has 3 aromatic rings. The number of nitrogens with one attached hydrogen (secondary N) is 1. The van der Waals surface area contributed by atoms with Crippen LogP contribution in [0.4, 0.5) is 10.2 Å². The molecule has 1 aliphatic rings. The maximum atomic E-state index is 13.8. The summed E-state index contributed by atoms with van der Waals surface area (Å²) in [7, 11) is 0. The Labute approximate surface area is 171 Å². The second-order valence-corrected chi connectivity index (χ2v) is 7.03. The molecule has 4 rings (SSSR count). The molecular weight excluding hydrogens is 387 g/mol. The van der Waals surface area contributed by atoms with Gasteiger partial charge in [0.2, 0.25) is 5.91 Å². The van der Waals surface area contributed by atoms with Crippen molar-refractivity contribution >= 4 is 22.6 Å². The molecule has 1 amide bonds. The zero-order valence-corrected chi connectivity index (χ0v) is 16.1. The molecule has 0 atom stereocenters. The topological polar surface area (TPSA) is 106 Å². The fourth-order valence-corrected chi connectivity index (χ4v) is 3.52. The summed E-state index contributed by atoms with van der Waals surface area (Å²) in [6, 6.07) is 9.87. The molecule has 0 spiro atoms. The first-order valence-electron chi connectivity index (χ1n) is 9.61. The molecule has 9 heteroatoms. The number of hydrogen-bond acceptors (Lipinski definition) is 6. The number of rotatable bonds is 4. The maximum absolute atomic E-state index is 13.8. The Hall–Kier alpha value is -3.80. The standard InChI is InChI=1S/C21H19FN6O2/c22-15-2-1-3-16-20(15)21(30)26-17(25-16)5-7-19(29)28-10-8-27(9-11-28)18-6-4-14(12-23)13-24-18/h1-4,6,13H,5,7-11H2,(H,25,26,30). The predicted octanol–water partition coefficient (Wildman–Crippen LogP) is 1.61. The second kappa shape index (κ2) is 8.29. The van der Waals surface area contributed by atoms with Gasteiger partial charge in [0.15, 0.2) is 0 Å². The third kappa shape index (κ3) is 3.98. The van der Waals surface area contributed by atoms with Gasteiger partial charge in [-0.15, -0.1) is 0 Å². The zero-order valence-electron chi connectivity index (χ0n) is 16.1. The summed E-state index contributed by atoms with van der Waals surface area (Å²) in [6.07, 6.45) is 2.02. The van der Waals surface area contributed by atoms with E-state index in [4.69, 9.17) is 5.26 Å². The summed E-state index contributed by atoms with van der Waals surface area (Å²) >= 11 is 0. The van der Waals surface area contributed by atoms with Crippen LogP contribution in [-0.4, -0.2) is 51.9 Å². The molecule has 8 nitrogen and oxygen atoms in total. The average Bonchev–Trinajstić information content (AvgIpc) is 2.77. The number of H-pyrrole nitrogens is 1. The molecule has 1 N–H and O–H groups in total. The highest BCUT2D eigenvalue weighted by atomic mass is 19.1. The van der Waals surface area contributed by atoms with E-state index in [0.29, 0.717) is 37.6 Å². The Kier molecular flexibility index (Phi) is 5.39. The number of nitriles is 1. The highest BCUT2D eigenvalue weighted by molar-refractivity contribution is 5.78. The molecule has 0 unspecified atom stereocenters. The first-order chi connectivity index (χ1) is 14.5. The van der Waals surface area contributed by atoms with Crippen molar-refractivity contribution in [1.29, 1.82) is 5.26 Å². The number of anilines is 1. The maximum Gasteiger partial charge on any atom is 0.261 e. The number of aromatic nitrogens is 3. The highest BCUT2D eigenvalue weighted by Gasteiger charge is 2.22. The van der Waals surface area contributed by atoms with E-state index in [1.807, 2.05) is 6.07 Å². The monoisotopic (exact) mass is 406 g/mol. The van der Waals surface area contributed by atoms with Crippen LogP contribution in [-0.2, 0) is 11.2 Å². The van der Waals surface area contributed by atoms with Crippen LogP contribution in [0.2, 0.25) is 0 Å². The number of aryl methyl sites for hydroxylation is 1. The van der Waals surface area contributed by atoms with Crippen molar-refractivity contribution in [1.82, 2.24) is 19.9 Å². The van der Waals surface area contributed by atoms with Crippen molar-refractivity contribution in [3.8, 4) is 6.07 Å². The smallest absolute Gasteiger partial charge is 0.261 e. The molecule has 1 saturated heterocycles. The minimum absolute atomic E-state index is 0.0237. The second-order valence-electron chi connectivity index (χ2n) is 7.03. The summed E-state index contributed by atoms with van der Waals surface area (Å²) in [5, 5.41) is 8.79. The van der Waals surface area contributed by atoms with Gasteiger partial charge in [0.25, 0.3) is 5.56 Å². The average molecular weight is 406 g/mol. The van der Waals surface area contributed by atoms with Crippen molar-refractivity contribution < 1.29 is 9.18 Å². The van der Waals surface area contributed by atoms with Crippen molar-refractivity contribution in [3.63, 3.8) is 0 Å². The van der Waals surface area contributed by atoms with Crippen LogP contribution in [0.25, 0.3) is 10.9 Å². The van der Waals surface area contributed by atoms with Gasteiger partial charge in [0, 0.05) is 45.2 Å². The SMILES string of the molecule is N#Cc1ccc(N2CCN(C(=O)CCc3nc4cccc(F)c4c(=O)[nH]3)CC2)nc1. The van der Waals surface area contributed by atoms with E-state index < -0.39 is 11.4 Å². The van der Waals surface area contributed by atoms with Crippen LogP contribution in [0.5, 0.6) is 0 Å². The molecule has 152 valence electrons. The van der Waals surface area contributed by atoms with Gasteiger partial charge in [-0.25, -0.2) is 14.4 Å². The lowest BCUT2D eigenvalue weighted by Gasteiger charge is -2.35. The summed E-state index contributed by atoms with van der Waals surface area (Å²) in [4.78, 5) is 39.7. The van der Waals surface area contributed by atoms with Crippen LogP contribution >= 0.6 is 0 Å².